The Morgan fingerprint density at radius 3 is 2.75 bits per heavy atom. The first-order valence-electron chi connectivity index (χ1n) is 7.41. The zero-order valence-corrected chi connectivity index (χ0v) is 12.8. The molecule has 0 aliphatic heterocycles. The summed E-state index contributed by atoms with van der Waals surface area (Å²) < 4.78 is 6.83. The monoisotopic (exact) mass is 276 g/mol. The zero-order valence-electron chi connectivity index (χ0n) is 12.8. The molecule has 1 aromatic heterocycles. The van der Waals surface area contributed by atoms with Crippen LogP contribution in [0.25, 0.3) is 11.1 Å². The number of nitrogens with one attached hydrogen (secondary N) is 1. The van der Waals surface area contributed by atoms with Crippen LogP contribution in [-0.4, -0.2) is 11.1 Å². The van der Waals surface area contributed by atoms with Crippen molar-refractivity contribution >= 4 is 11.1 Å². The highest BCUT2D eigenvalue weighted by atomic mass is 16.4. The van der Waals surface area contributed by atoms with E-state index in [0.717, 1.165) is 24.9 Å². The van der Waals surface area contributed by atoms with E-state index in [4.69, 9.17) is 4.42 Å². The van der Waals surface area contributed by atoms with Gasteiger partial charge in [0.25, 0.3) is 0 Å². The van der Waals surface area contributed by atoms with Crippen LogP contribution >= 0.6 is 0 Å². The van der Waals surface area contributed by atoms with Gasteiger partial charge in [0.2, 0.25) is 0 Å². The van der Waals surface area contributed by atoms with Gasteiger partial charge in [-0.3, -0.25) is 4.57 Å². The predicted molar refractivity (Wildman–Crippen MR) is 81.9 cm³/mol. The lowest BCUT2D eigenvalue weighted by molar-refractivity contribution is 0.377. The van der Waals surface area contributed by atoms with Gasteiger partial charge in [-0.2, -0.15) is 0 Å². The standard InChI is InChI=1S/C16H24N2O2/c1-5-9-17-15(11(3)6-2)12-7-8-13-14(10-12)20-16(19)18(13)4/h7-8,10-11,15,17H,5-6,9H2,1-4H3. The summed E-state index contributed by atoms with van der Waals surface area (Å²) >= 11 is 0. The van der Waals surface area contributed by atoms with Crippen LogP contribution in [0.15, 0.2) is 27.4 Å². The average molecular weight is 276 g/mol. The Hall–Kier alpha value is -1.55. The molecule has 2 aromatic rings. The van der Waals surface area contributed by atoms with Gasteiger partial charge in [0.1, 0.15) is 0 Å². The highest BCUT2D eigenvalue weighted by Gasteiger charge is 2.18. The molecule has 20 heavy (non-hydrogen) atoms. The summed E-state index contributed by atoms with van der Waals surface area (Å²) in [5, 5.41) is 3.60. The number of nitrogens with zero attached hydrogens (tertiary/aromatic N) is 1. The number of rotatable bonds is 6. The molecule has 0 fully saturated rings. The minimum atomic E-state index is -0.307. The smallest absolute Gasteiger partial charge is 0.408 e. The van der Waals surface area contributed by atoms with E-state index >= 15 is 0 Å². The third kappa shape index (κ3) is 2.80. The van der Waals surface area contributed by atoms with Crippen molar-refractivity contribution in [2.24, 2.45) is 13.0 Å². The molecule has 1 aromatic carbocycles. The summed E-state index contributed by atoms with van der Waals surface area (Å²) in [6, 6.07) is 6.36. The molecule has 0 aliphatic rings. The van der Waals surface area contributed by atoms with Crippen LogP contribution in [0.3, 0.4) is 0 Å². The molecule has 2 unspecified atom stereocenters. The van der Waals surface area contributed by atoms with E-state index in [1.807, 2.05) is 12.1 Å². The molecule has 4 nitrogen and oxygen atoms in total. The van der Waals surface area contributed by atoms with Crippen LogP contribution in [0.5, 0.6) is 0 Å². The molecule has 2 rings (SSSR count). The van der Waals surface area contributed by atoms with Crippen molar-refractivity contribution in [2.75, 3.05) is 6.54 Å². The lowest BCUT2D eigenvalue weighted by atomic mass is 9.92. The van der Waals surface area contributed by atoms with Crippen LogP contribution < -0.4 is 11.1 Å². The molecule has 1 heterocycles. The molecule has 0 saturated carbocycles. The molecule has 2 atom stereocenters. The SMILES string of the molecule is CCCNC(c1ccc2c(c1)oc(=O)n2C)C(C)CC. The summed E-state index contributed by atoms with van der Waals surface area (Å²) in [6.07, 6.45) is 2.22. The average Bonchev–Trinajstić information content (AvgIpc) is 2.74. The van der Waals surface area contributed by atoms with Crippen molar-refractivity contribution in [3.8, 4) is 0 Å². The van der Waals surface area contributed by atoms with Crippen LogP contribution in [0.1, 0.15) is 45.2 Å². The van der Waals surface area contributed by atoms with E-state index in [1.54, 1.807) is 7.05 Å². The summed E-state index contributed by atoms with van der Waals surface area (Å²) in [7, 11) is 1.73. The minimum absolute atomic E-state index is 0.301. The van der Waals surface area contributed by atoms with Crippen LogP contribution in [0, 0.1) is 5.92 Å². The Morgan fingerprint density at radius 1 is 1.35 bits per heavy atom. The molecule has 0 radical (unpaired) electrons. The van der Waals surface area contributed by atoms with Gasteiger partial charge < -0.3 is 9.73 Å². The number of hydrogen-bond acceptors (Lipinski definition) is 3. The van der Waals surface area contributed by atoms with Gasteiger partial charge in [0.05, 0.1) is 5.52 Å². The molecule has 110 valence electrons. The van der Waals surface area contributed by atoms with Crippen molar-refractivity contribution in [1.29, 1.82) is 0 Å². The van der Waals surface area contributed by atoms with E-state index < -0.39 is 0 Å². The number of aromatic nitrogens is 1. The lowest BCUT2D eigenvalue weighted by Gasteiger charge is -2.24. The third-order valence-electron chi connectivity index (χ3n) is 4.00. The topological polar surface area (TPSA) is 47.2 Å². The van der Waals surface area contributed by atoms with E-state index in [9.17, 15) is 4.79 Å². The van der Waals surface area contributed by atoms with Crippen LogP contribution in [0.2, 0.25) is 0 Å². The Kier molecular flexibility index (Phi) is 4.65. The first-order chi connectivity index (χ1) is 9.58. The summed E-state index contributed by atoms with van der Waals surface area (Å²) in [6.45, 7) is 7.61. The quantitative estimate of drug-likeness (QED) is 0.881. The highest BCUT2D eigenvalue weighted by Crippen LogP contribution is 2.27. The molecule has 0 saturated heterocycles. The van der Waals surface area contributed by atoms with E-state index in [1.165, 1.54) is 10.1 Å². The first-order valence-corrected chi connectivity index (χ1v) is 7.41. The Morgan fingerprint density at radius 2 is 2.10 bits per heavy atom. The van der Waals surface area contributed by atoms with Crippen LogP contribution in [0.4, 0.5) is 0 Å². The number of aryl methyl sites for hydroxylation is 1. The number of benzene rings is 1. The summed E-state index contributed by atoms with van der Waals surface area (Å²) in [5.41, 5.74) is 2.70. The second-order valence-corrected chi connectivity index (χ2v) is 5.47. The summed E-state index contributed by atoms with van der Waals surface area (Å²) in [4.78, 5) is 11.6. The fourth-order valence-electron chi connectivity index (χ4n) is 2.53. The molecular weight excluding hydrogens is 252 g/mol. The van der Waals surface area contributed by atoms with Crippen LogP contribution in [-0.2, 0) is 7.05 Å². The first kappa shape index (κ1) is 14.9. The molecule has 1 N–H and O–H groups in total. The van der Waals surface area contributed by atoms with E-state index in [-0.39, 0.29) is 5.76 Å². The van der Waals surface area contributed by atoms with Crippen molar-refractivity contribution < 1.29 is 4.42 Å². The fraction of sp³-hybridized carbons (Fsp3) is 0.562. The van der Waals surface area contributed by atoms with Crippen molar-refractivity contribution in [3.05, 3.63) is 34.3 Å². The number of fused-ring (bicyclic) bond motifs is 1. The molecule has 0 aliphatic carbocycles. The normalized spacial score (nSPS) is 14.6. The summed E-state index contributed by atoms with van der Waals surface area (Å²) in [5.74, 6) is 0.230. The highest BCUT2D eigenvalue weighted by molar-refractivity contribution is 5.73. The van der Waals surface area contributed by atoms with Gasteiger partial charge in [0.15, 0.2) is 5.58 Å². The Bertz CT molecular complexity index is 627. The van der Waals surface area contributed by atoms with Gasteiger partial charge in [-0.1, -0.05) is 33.3 Å². The van der Waals surface area contributed by atoms with Gasteiger partial charge in [-0.25, -0.2) is 4.79 Å². The van der Waals surface area contributed by atoms with Gasteiger partial charge >= 0.3 is 5.76 Å². The Labute approximate surface area is 119 Å². The van der Waals surface area contributed by atoms with Crippen molar-refractivity contribution in [2.45, 2.75) is 39.7 Å². The zero-order chi connectivity index (χ0) is 14.7. The number of hydrogen-bond donors (Lipinski definition) is 1. The number of oxazole rings is 1. The largest absolute Gasteiger partial charge is 0.419 e. The molecule has 0 bridgehead atoms. The second-order valence-electron chi connectivity index (χ2n) is 5.47. The molecular formula is C16H24N2O2. The van der Waals surface area contributed by atoms with Gasteiger partial charge in [0, 0.05) is 13.1 Å². The maximum atomic E-state index is 11.6. The van der Waals surface area contributed by atoms with E-state index in [0.29, 0.717) is 17.5 Å². The van der Waals surface area contributed by atoms with Crippen molar-refractivity contribution in [3.63, 3.8) is 0 Å². The third-order valence-corrected chi connectivity index (χ3v) is 4.00. The van der Waals surface area contributed by atoms with Gasteiger partial charge in [-0.05, 0) is 36.6 Å². The minimum Gasteiger partial charge on any atom is -0.408 e. The fourth-order valence-corrected chi connectivity index (χ4v) is 2.53. The van der Waals surface area contributed by atoms with Crippen molar-refractivity contribution in [1.82, 2.24) is 9.88 Å². The molecule has 0 amide bonds. The molecule has 4 heteroatoms. The molecule has 0 spiro atoms. The second kappa shape index (κ2) is 6.27. The van der Waals surface area contributed by atoms with Gasteiger partial charge in [-0.15, -0.1) is 0 Å². The maximum Gasteiger partial charge on any atom is 0.419 e. The van der Waals surface area contributed by atoms with E-state index in [2.05, 4.69) is 32.2 Å². The Balaban J connectivity index is 2.39. The predicted octanol–water partition coefficient (Wildman–Crippen LogP) is 3.22. The maximum absolute atomic E-state index is 11.6. The lowest BCUT2D eigenvalue weighted by Crippen LogP contribution is -2.27.